The first kappa shape index (κ1) is 9.58. The predicted molar refractivity (Wildman–Crippen MR) is 57.4 cm³/mol. The molecule has 2 aromatic rings. The molecule has 0 radical (unpaired) electrons. The summed E-state index contributed by atoms with van der Waals surface area (Å²) < 4.78 is 0. The maximum atomic E-state index is 10.8. The molecule has 76 valence electrons. The number of nitroso groups, excluding NO2 is 1. The maximum Gasteiger partial charge on any atom is 0.286 e. The van der Waals surface area contributed by atoms with E-state index >= 15 is 0 Å². The highest BCUT2D eigenvalue weighted by Crippen LogP contribution is 2.18. The highest BCUT2D eigenvalue weighted by atomic mass is 16.3. The molecule has 0 unspecified atom stereocenters. The van der Waals surface area contributed by atoms with Gasteiger partial charge in [-0.25, -0.2) is 0 Å². The number of carbonyl (C=O) groups is 1. The summed E-state index contributed by atoms with van der Waals surface area (Å²) in [6.45, 7) is 0. The molecule has 0 aliphatic rings. The highest BCUT2D eigenvalue weighted by molar-refractivity contribution is 5.84. The van der Waals surface area contributed by atoms with Gasteiger partial charge in [-0.15, -0.1) is 4.91 Å². The van der Waals surface area contributed by atoms with Crippen molar-refractivity contribution >= 4 is 16.8 Å². The fourth-order valence-electron chi connectivity index (χ4n) is 1.63. The van der Waals surface area contributed by atoms with Crippen molar-refractivity contribution in [1.82, 2.24) is 4.98 Å². The Balaban J connectivity index is 2.21. The lowest BCUT2D eigenvalue weighted by atomic mass is 10.1. The Kier molecular flexibility index (Phi) is 2.58. The molecule has 0 bridgehead atoms. The number of aromatic nitrogens is 1. The number of aryl methyl sites for hydroxylation is 1. The van der Waals surface area contributed by atoms with Crippen LogP contribution in [-0.4, -0.2) is 10.9 Å². The maximum absolute atomic E-state index is 10.8. The zero-order chi connectivity index (χ0) is 10.7. The molecule has 0 saturated heterocycles. The van der Waals surface area contributed by atoms with Gasteiger partial charge in [-0.05, 0) is 18.1 Å². The normalized spacial score (nSPS) is 10.4. The van der Waals surface area contributed by atoms with Gasteiger partial charge in [0.15, 0.2) is 0 Å². The van der Waals surface area contributed by atoms with Crippen LogP contribution < -0.4 is 0 Å². The van der Waals surface area contributed by atoms with Crippen molar-refractivity contribution in [2.24, 2.45) is 5.18 Å². The number of fused-ring (bicyclic) bond motifs is 1. The molecule has 1 amide bonds. The number of benzene rings is 1. The van der Waals surface area contributed by atoms with E-state index in [2.05, 4.69) is 10.2 Å². The summed E-state index contributed by atoms with van der Waals surface area (Å²) in [7, 11) is 0. The van der Waals surface area contributed by atoms with Gasteiger partial charge in [-0.1, -0.05) is 18.2 Å². The van der Waals surface area contributed by atoms with Crippen LogP contribution in [0.3, 0.4) is 0 Å². The van der Waals surface area contributed by atoms with Crippen LogP contribution in [-0.2, 0) is 11.2 Å². The van der Waals surface area contributed by atoms with Gasteiger partial charge in [0, 0.05) is 28.7 Å². The number of amides is 1. The summed E-state index contributed by atoms with van der Waals surface area (Å²) in [6.07, 6.45) is 2.59. The molecular weight excluding hydrogens is 192 g/mol. The average molecular weight is 202 g/mol. The number of hydrogen-bond acceptors (Lipinski definition) is 2. The second-order valence-corrected chi connectivity index (χ2v) is 3.34. The first-order chi connectivity index (χ1) is 7.31. The molecule has 0 atom stereocenters. The van der Waals surface area contributed by atoms with Crippen LogP contribution in [0.1, 0.15) is 12.0 Å². The Bertz CT molecular complexity index is 502. The quantitative estimate of drug-likeness (QED) is 0.776. The smallest absolute Gasteiger partial charge is 0.286 e. The SMILES string of the molecule is O=NC(=O)CCc1c[nH]c2ccccc12. The van der Waals surface area contributed by atoms with Crippen molar-refractivity contribution in [3.05, 3.63) is 40.9 Å². The van der Waals surface area contributed by atoms with Crippen molar-refractivity contribution in [1.29, 1.82) is 0 Å². The molecule has 0 fully saturated rings. The number of nitrogens with zero attached hydrogens (tertiary/aromatic N) is 1. The average Bonchev–Trinajstić information content (AvgIpc) is 2.69. The number of para-hydroxylation sites is 1. The van der Waals surface area contributed by atoms with E-state index in [1.807, 2.05) is 30.5 Å². The largest absolute Gasteiger partial charge is 0.361 e. The van der Waals surface area contributed by atoms with E-state index in [0.717, 1.165) is 16.5 Å². The van der Waals surface area contributed by atoms with Crippen molar-refractivity contribution in [3.8, 4) is 0 Å². The van der Waals surface area contributed by atoms with Crippen molar-refractivity contribution in [2.75, 3.05) is 0 Å². The van der Waals surface area contributed by atoms with Crippen LogP contribution >= 0.6 is 0 Å². The fourth-order valence-corrected chi connectivity index (χ4v) is 1.63. The third kappa shape index (κ3) is 1.93. The summed E-state index contributed by atoms with van der Waals surface area (Å²) in [4.78, 5) is 23.8. The predicted octanol–water partition coefficient (Wildman–Crippen LogP) is 2.39. The van der Waals surface area contributed by atoms with Crippen LogP contribution in [0.2, 0.25) is 0 Å². The molecule has 1 heterocycles. The third-order valence-electron chi connectivity index (χ3n) is 2.38. The molecular formula is C11H10N2O2. The monoisotopic (exact) mass is 202 g/mol. The zero-order valence-electron chi connectivity index (χ0n) is 8.06. The van der Waals surface area contributed by atoms with Crippen molar-refractivity contribution in [2.45, 2.75) is 12.8 Å². The summed E-state index contributed by atoms with van der Waals surface area (Å²) in [5.74, 6) is -0.597. The molecule has 0 saturated carbocycles. The Hall–Kier alpha value is -1.97. The Labute approximate surface area is 86.3 Å². The standard InChI is InChI=1S/C11H10N2O2/c14-11(13-15)6-5-8-7-12-10-4-2-1-3-9(8)10/h1-4,7,12H,5-6H2. The fraction of sp³-hybridized carbons (Fsp3) is 0.182. The summed E-state index contributed by atoms with van der Waals surface area (Å²) >= 11 is 0. The molecule has 1 N–H and O–H groups in total. The Morgan fingerprint density at radius 2 is 2.13 bits per heavy atom. The molecule has 0 spiro atoms. The lowest BCUT2D eigenvalue weighted by molar-refractivity contribution is -0.117. The van der Waals surface area contributed by atoms with E-state index in [0.29, 0.717) is 6.42 Å². The van der Waals surface area contributed by atoms with Gasteiger partial charge in [0.2, 0.25) is 0 Å². The molecule has 4 nitrogen and oxygen atoms in total. The Morgan fingerprint density at radius 3 is 2.93 bits per heavy atom. The van der Waals surface area contributed by atoms with Gasteiger partial charge in [0.1, 0.15) is 0 Å². The third-order valence-corrected chi connectivity index (χ3v) is 2.38. The van der Waals surface area contributed by atoms with Crippen LogP contribution in [0, 0.1) is 4.91 Å². The van der Waals surface area contributed by atoms with Crippen molar-refractivity contribution in [3.63, 3.8) is 0 Å². The second kappa shape index (κ2) is 4.04. The number of rotatable bonds is 3. The van der Waals surface area contributed by atoms with Gasteiger partial charge < -0.3 is 4.98 Å². The lowest BCUT2D eigenvalue weighted by Gasteiger charge is -1.94. The summed E-state index contributed by atoms with van der Waals surface area (Å²) in [5, 5.41) is 3.46. The molecule has 0 aliphatic heterocycles. The van der Waals surface area contributed by atoms with Gasteiger partial charge in [0.25, 0.3) is 5.91 Å². The molecule has 0 aliphatic carbocycles. The van der Waals surface area contributed by atoms with Gasteiger partial charge in [-0.3, -0.25) is 4.79 Å². The number of aromatic amines is 1. The Morgan fingerprint density at radius 1 is 1.33 bits per heavy atom. The molecule has 2 rings (SSSR count). The minimum atomic E-state index is -0.597. The lowest BCUT2D eigenvalue weighted by Crippen LogP contribution is -1.94. The van der Waals surface area contributed by atoms with Crippen LogP contribution in [0.4, 0.5) is 0 Å². The van der Waals surface area contributed by atoms with E-state index < -0.39 is 5.91 Å². The number of nitrogens with one attached hydrogen (secondary N) is 1. The van der Waals surface area contributed by atoms with Crippen LogP contribution in [0.15, 0.2) is 35.6 Å². The van der Waals surface area contributed by atoms with E-state index in [1.165, 1.54) is 0 Å². The van der Waals surface area contributed by atoms with E-state index in [4.69, 9.17) is 0 Å². The van der Waals surface area contributed by atoms with Gasteiger partial charge >= 0.3 is 0 Å². The molecule has 1 aromatic heterocycles. The minimum absolute atomic E-state index is 0.172. The highest BCUT2D eigenvalue weighted by Gasteiger charge is 2.06. The molecule has 15 heavy (non-hydrogen) atoms. The number of H-pyrrole nitrogens is 1. The van der Waals surface area contributed by atoms with Crippen LogP contribution in [0.25, 0.3) is 10.9 Å². The minimum Gasteiger partial charge on any atom is -0.361 e. The van der Waals surface area contributed by atoms with Crippen molar-refractivity contribution < 1.29 is 4.79 Å². The summed E-state index contributed by atoms with van der Waals surface area (Å²) in [6, 6.07) is 7.85. The number of hydrogen-bond donors (Lipinski definition) is 1. The van der Waals surface area contributed by atoms with Crippen LogP contribution in [0.5, 0.6) is 0 Å². The van der Waals surface area contributed by atoms with Gasteiger partial charge in [-0.2, -0.15) is 0 Å². The summed E-state index contributed by atoms with van der Waals surface area (Å²) in [5.41, 5.74) is 2.08. The van der Waals surface area contributed by atoms with E-state index in [-0.39, 0.29) is 6.42 Å². The second-order valence-electron chi connectivity index (χ2n) is 3.34. The van der Waals surface area contributed by atoms with E-state index in [9.17, 15) is 9.70 Å². The molecule has 4 heteroatoms. The van der Waals surface area contributed by atoms with Gasteiger partial charge in [0.05, 0.1) is 0 Å². The first-order valence-electron chi connectivity index (χ1n) is 4.72. The van der Waals surface area contributed by atoms with E-state index in [1.54, 1.807) is 0 Å². The zero-order valence-corrected chi connectivity index (χ0v) is 8.06. The molecule has 1 aromatic carbocycles. The first-order valence-corrected chi connectivity index (χ1v) is 4.72. The topological polar surface area (TPSA) is 62.3 Å². The number of carbonyl (C=O) groups excluding carboxylic acids is 1.